The predicted molar refractivity (Wildman–Crippen MR) is 133 cm³/mol. The Morgan fingerprint density at radius 3 is 2.14 bits per heavy atom. The van der Waals surface area contributed by atoms with Crippen molar-refractivity contribution in [2.75, 3.05) is 33.7 Å². The molecule has 0 bridgehead atoms. The smallest absolute Gasteiger partial charge is 0.300 e. The fourth-order valence-corrected chi connectivity index (χ4v) is 4.33. The molecule has 2 aliphatic rings. The average molecular weight is 511 g/mol. The van der Waals surface area contributed by atoms with Crippen LogP contribution in [0.4, 0.5) is 4.39 Å². The Kier molecular flexibility index (Phi) is 13.6. The number of hydrogen-bond acceptors (Lipinski definition) is 6. The number of hydrogen-bond donors (Lipinski definition) is 5. The zero-order valence-electron chi connectivity index (χ0n) is 21.5. The van der Waals surface area contributed by atoms with Crippen molar-refractivity contribution >= 4 is 23.8 Å². The van der Waals surface area contributed by atoms with E-state index >= 15 is 0 Å². The van der Waals surface area contributed by atoms with Gasteiger partial charge in [-0.1, -0.05) is 6.07 Å². The van der Waals surface area contributed by atoms with Crippen LogP contribution in [0.2, 0.25) is 0 Å². The van der Waals surface area contributed by atoms with Gasteiger partial charge in [-0.15, -0.1) is 0 Å². The lowest BCUT2D eigenvalue weighted by Gasteiger charge is -2.26. The molecule has 3 rings (SSSR count). The summed E-state index contributed by atoms with van der Waals surface area (Å²) >= 11 is 0. The maximum Gasteiger partial charge on any atom is 0.300 e. The van der Waals surface area contributed by atoms with Crippen LogP contribution in [-0.2, 0) is 14.4 Å². The van der Waals surface area contributed by atoms with E-state index in [0.717, 1.165) is 58.2 Å². The standard InChI is InChI=1S/C21H31FN4O2.2C2H4O2/c1-23-20(27)12-16-4-5-17(26(16)2)13-25-21(28)18-11-15(3-6-19(18)22)14-7-9-24-10-8-14;2*1-2(3)4/h3,6,11,14,16-17,24H,4-5,7-10,12-13H2,1-2H3,(H,23,27)(H,25,28);2*1H3,(H,3,4)/t16-,17+;;/m1../s1. The van der Waals surface area contributed by atoms with Crippen LogP contribution in [0.5, 0.6) is 0 Å². The summed E-state index contributed by atoms with van der Waals surface area (Å²) in [6.07, 6.45) is 4.31. The summed E-state index contributed by atoms with van der Waals surface area (Å²) in [5.74, 6) is -2.11. The van der Waals surface area contributed by atoms with E-state index in [0.29, 0.717) is 18.9 Å². The lowest BCUT2D eigenvalue weighted by molar-refractivity contribution is -0.135. The number of nitrogens with zero attached hydrogens (tertiary/aromatic N) is 1. The number of halogens is 1. The number of nitrogens with one attached hydrogen (secondary N) is 3. The van der Waals surface area contributed by atoms with E-state index in [1.54, 1.807) is 19.2 Å². The van der Waals surface area contributed by atoms with Crippen LogP contribution in [-0.4, -0.2) is 84.7 Å². The summed E-state index contributed by atoms with van der Waals surface area (Å²) < 4.78 is 14.3. The van der Waals surface area contributed by atoms with E-state index in [1.165, 1.54) is 6.07 Å². The fourth-order valence-electron chi connectivity index (χ4n) is 4.33. The molecule has 2 saturated heterocycles. The number of carbonyl (C=O) groups is 4. The lowest BCUT2D eigenvalue weighted by Crippen LogP contribution is -2.42. The van der Waals surface area contributed by atoms with Gasteiger partial charge in [0.15, 0.2) is 0 Å². The van der Waals surface area contributed by atoms with Crippen LogP contribution in [0.25, 0.3) is 0 Å². The van der Waals surface area contributed by atoms with Crippen molar-refractivity contribution in [2.24, 2.45) is 0 Å². The Morgan fingerprint density at radius 1 is 1.03 bits per heavy atom. The Balaban J connectivity index is 0.000000709. The highest BCUT2D eigenvalue weighted by atomic mass is 19.1. The van der Waals surface area contributed by atoms with Gasteiger partial charge in [0.05, 0.1) is 5.56 Å². The monoisotopic (exact) mass is 510 g/mol. The minimum Gasteiger partial charge on any atom is -0.481 e. The van der Waals surface area contributed by atoms with Crippen LogP contribution in [0.3, 0.4) is 0 Å². The molecule has 0 aliphatic carbocycles. The van der Waals surface area contributed by atoms with Gasteiger partial charge in [0, 0.05) is 45.9 Å². The first kappa shape index (κ1) is 31.0. The minimum absolute atomic E-state index is 0.0262. The second-order valence-electron chi connectivity index (χ2n) is 8.94. The molecule has 2 aliphatic heterocycles. The van der Waals surface area contributed by atoms with Gasteiger partial charge in [-0.25, -0.2) is 4.39 Å². The summed E-state index contributed by atoms with van der Waals surface area (Å²) in [6.45, 7) is 4.53. The molecule has 36 heavy (non-hydrogen) atoms. The number of aliphatic carboxylic acids is 2. The van der Waals surface area contributed by atoms with Crippen molar-refractivity contribution < 1.29 is 33.8 Å². The first-order chi connectivity index (χ1) is 17.0. The van der Waals surface area contributed by atoms with E-state index in [9.17, 15) is 14.0 Å². The van der Waals surface area contributed by atoms with Gasteiger partial charge in [-0.3, -0.25) is 24.1 Å². The summed E-state index contributed by atoms with van der Waals surface area (Å²) in [5.41, 5.74) is 1.16. The Morgan fingerprint density at radius 2 is 1.58 bits per heavy atom. The van der Waals surface area contributed by atoms with Crippen LogP contribution < -0.4 is 16.0 Å². The Labute approximate surface area is 211 Å². The normalized spacial score (nSPS) is 19.7. The number of carboxylic acid groups (broad SMARTS) is 2. The van der Waals surface area contributed by atoms with Gasteiger partial charge in [-0.05, 0) is 69.4 Å². The molecule has 2 atom stereocenters. The van der Waals surface area contributed by atoms with Crippen LogP contribution in [0, 0.1) is 5.82 Å². The van der Waals surface area contributed by atoms with E-state index in [-0.39, 0.29) is 29.5 Å². The minimum atomic E-state index is -0.833. The van der Waals surface area contributed by atoms with E-state index in [4.69, 9.17) is 19.8 Å². The first-order valence-corrected chi connectivity index (χ1v) is 12.1. The summed E-state index contributed by atoms with van der Waals surface area (Å²) in [4.78, 5) is 44.4. The summed E-state index contributed by atoms with van der Waals surface area (Å²) in [6, 6.07) is 5.27. The molecule has 1 aromatic carbocycles. The lowest BCUT2D eigenvalue weighted by atomic mass is 9.89. The third-order valence-electron chi connectivity index (χ3n) is 6.23. The molecule has 10 nitrogen and oxygen atoms in total. The van der Waals surface area contributed by atoms with E-state index in [1.807, 2.05) is 7.05 Å². The van der Waals surface area contributed by atoms with Crippen LogP contribution >= 0.6 is 0 Å². The Hall–Kier alpha value is -3.05. The number of piperidine rings is 1. The van der Waals surface area contributed by atoms with Gasteiger partial charge in [0.1, 0.15) is 5.82 Å². The molecular weight excluding hydrogens is 471 g/mol. The van der Waals surface area contributed by atoms with Gasteiger partial charge in [-0.2, -0.15) is 0 Å². The van der Waals surface area contributed by atoms with Gasteiger partial charge >= 0.3 is 0 Å². The van der Waals surface area contributed by atoms with Crippen molar-refractivity contribution in [3.63, 3.8) is 0 Å². The van der Waals surface area contributed by atoms with Gasteiger partial charge < -0.3 is 26.2 Å². The van der Waals surface area contributed by atoms with Crippen molar-refractivity contribution in [1.82, 2.24) is 20.9 Å². The molecule has 0 unspecified atom stereocenters. The summed E-state index contributed by atoms with van der Waals surface area (Å²) in [5, 5.41) is 23.7. The molecule has 0 aromatic heterocycles. The van der Waals surface area contributed by atoms with Crippen molar-refractivity contribution in [2.45, 2.75) is 64.0 Å². The average Bonchev–Trinajstić information content (AvgIpc) is 3.16. The molecule has 202 valence electrons. The van der Waals surface area contributed by atoms with Crippen molar-refractivity contribution in [3.05, 3.63) is 35.1 Å². The zero-order chi connectivity index (χ0) is 27.3. The maximum atomic E-state index is 14.3. The molecule has 2 amide bonds. The number of likely N-dealkylation sites (tertiary alicyclic amines) is 1. The molecule has 11 heteroatoms. The van der Waals surface area contributed by atoms with Crippen LogP contribution in [0.15, 0.2) is 18.2 Å². The molecule has 2 heterocycles. The molecular formula is C25H39FN4O6. The van der Waals surface area contributed by atoms with Crippen molar-refractivity contribution in [1.29, 1.82) is 0 Å². The topological polar surface area (TPSA) is 148 Å². The fraction of sp³-hybridized carbons (Fsp3) is 0.600. The number of amides is 2. The molecule has 0 saturated carbocycles. The predicted octanol–water partition coefficient (Wildman–Crippen LogP) is 1.80. The highest BCUT2D eigenvalue weighted by Crippen LogP contribution is 2.27. The number of carboxylic acids is 2. The van der Waals surface area contributed by atoms with Crippen LogP contribution in [0.1, 0.15) is 67.8 Å². The number of likely N-dealkylation sites (N-methyl/N-ethyl adjacent to an activating group) is 1. The highest BCUT2D eigenvalue weighted by Gasteiger charge is 2.32. The Bertz CT molecular complexity index is 871. The molecule has 5 N–H and O–H groups in total. The number of rotatable bonds is 6. The number of benzene rings is 1. The third kappa shape index (κ3) is 11.1. The largest absolute Gasteiger partial charge is 0.481 e. The number of carbonyl (C=O) groups excluding carboxylic acids is 2. The molecule has 0 spiro atoms. The van der Waals surface area contributed by atoms with Gasteiger partial charge in [0.2, 0.25) is 5.91 Å². The quantitative estimate of drug-likeness (QED) is 0.389. The molecule has 0 radical (unpaired) electrons. The van der Waals surface area contributed by atoms with Crippen molar-refractivity contribution in [3.8, 4) is 0 Å². The third-order valence-corrected chi connectivity index (χ3v) is 6.23. The van der Waals surface area contributed by atoms with E-state index < -0.39 is 17.8 Å². The zero-order valence-corrected chi connectivity index (χ0v) is 21.5. The highest BCUT2D eigenvalue weighted by molar-refractivity contribution is 5.94. The first-order valence-electron chi connectivity index (χ1n) is 12.1. The maximum absolute atomic E-state index is 14.3. The van der Waals surface area contributed by atoms with Gasteiger partial charge in [0.25, 0.3) is 17.8 Å². The molecule has 2 fully saturated rings. The van der Waals surface area contributed by atoms with E-state index in [2.05, 4.69) is 20.9 Å². The SMILES string of the molecule is CC(=O)O.CC(=O)O.CNC(=O)C[C@H]1CC[C@@H](CNC(=O)c2cc(C3CCNCC3)ccc2F)N1C. The summed E-state index contributed by atoms with van der Waals surface area (Å²) in [7, 11) is 3.62. The second-order valence-corrected chi connectivity index (χ2v) is 8.94. The molecule has 1 aromatic rings. The second kappa shape index (κ2) is 15.8.